The molecular formula is C9H11N2O13P3S2-4. The highest BCUT2D eigenvalue weighted by Gasteiger charge is 2.44. The minimum atomic E-state index is -6.12. The average molecular weight is 512 g/mol. The van der Waals surface area contributed by atoms with E-state index in [1.165, 1.54) is 16.8 Å². The number of hydrogen-bond acceptors (Lipinski definition) is 15. The molecule has 0 saturated carbocycles. The standard InChI is InChI=1S/C9H15N2O13P3S2/c12-6-4(3-21-26(17,18)24-27(19,20)23-25(14,15)16)22-8(7(6)13)11-2-1-5(28)10-9(11)29/h1-2,4,6-8,12-13H,3H2,(H,17,18)(H,19,20)(H,10,28,29)(H2,14,15,16)/p-4/t4-,6?,7+,8-/m1/s1. The maximum Gasteiger partial charge on any atom is 0.278 e. The maximum absolute atomic E-state index is 11.5. The molecule has 15 nitrogen and oxygen atoms in total. The van der Waals surface area contributed by atoms with Crippen molar-refractivity contribution in [2.45, 2.75) is 24.5 Å². The number of hydrogen-bond donors (Lipinski definition) is 3. The lowest BCUT2D eigenvalue weighted by atomic mass is 10.1. The second-order valence-electron chi connectivity index (χ2n) is 5.36. The summed E-state index contributed by atoms with van der Waals surface area (Å²) in [7, 11) is -18.0. The Morgan fingerprint density at radius 1 is 1.10 bits per heavy atom. The largest absolute Gasteiger partial charge is 0.790 e. The van der Waals surface area contributed by atoms with Crippen molar-refractivity contribution >= 4 is 47.9 Å². The zero-order valence-corrected chi connectivity index (χ0v) is 18.0. The first-order chi connectivity index (χ1) is 13.1. The average Bonchev–Trinajstić information content (AvgIpc) is 2.78. The monoisotopic (exact) mass is 512 g/mol. The minimum absolute atomic E-state index is 0.0113. The van der Waals surface area contributed by atoms with E-state index < -0.39 is 54.6 Å². The molecule has 2 heterocycles. The van der Waals surface area contributed by atoms with Crippen LogP contribution in [-0.4, -0.2) is 44.7 Å². The van der Waals surface area contributed by atoms with Gasteiger partial charge in [0.2, 0.25) is 0 Å². The molecule has 1 saturated heterocycles. The fourth-order valence-corrected chi connectivity index (χ4v) is 5.53. The van der Waals surface area contributed by atoms with Crippen molar-refractivity contribution in [2.24, 2.45) is 0 Å². The number of aromatic amines is 1. The Morgan fingerprint density at radius 2 is 1.72 bits per heavy atom. The van der Waals surface area contributed by atoms with Crippen molar-refractivity contribution in [3.63, 3.8) is 0 Å². The molecule has 1 aromatic heterocycles. The van der Waals surface area contributed by atoms with E-state index in [0.717, 1.165) is 0 Å². The molecule has 0 aromatic carbocycles. The lowest BCUT2D eigenvalue weighted by Gasteiger charge is -2.37. The molecule has 1 aliphatic heterocycles. The van der Waals surface area contributed by atoms with Crippen molar-refractivity contribution in [2.75, 3.05) is 6.61 Å². The van der Waals surface area contributed by atoms with Crippen LogP contribution in [0.2, 0.25) is 0 Å². The Bertz CT molecular complexity index is 1010. The smallest absolute Gasteiger partial charge is 0.278 e. The highest BCUT2D eigenvalue weighted by Crippen LogP contribution is 2.60. The fraction of sp³-hybridized carbons (Fsp3) is 0.556. The Kier molecular flexibility index (Phi) is 7.89. The van der Waals surface area contributed by atoms with Gasteiger partial charge < -0.3 is 48.6 Å². The van der Waals surface area contributed by atoms with Gasteiger partial charge in [-0.1, -0.05) is 12.2 Å². The normalized spacial score (nSPS) is 29.3. The Balaban J connectivity index is 2.06. The summed E-state index contributed by atoms with van der Waals surface area (Å²) in [5, 5.41) is 20.1. The molecule has 3 N–H and O–H groups in total. The molecule has 0 radical (unpaired) electrons. The second kappa shape index (κ2) is 9.12. The molecule has 1 aliphatic rings. The lowest BCUT2D eigenvalue weighted by molar-refractivity contribution is -0.339. The Morgan fingerprint density at radius 3 is 2.28 bits per heavy atom. The van der Waals surface area contributed by atoms with Gasteiger partial charge in [0.1, 0.15) is 23.0 Å². The third-order valence-corrected chi connectivity index (χ3v) is 7.48. The van der Waals surface area contributed by atoms with Gasteiger partial charge in [-0.3, -0.25) is 18.0 Å². The van der Waals surface area contributed by atoms with E-state index >= 15 is 0 Å². The van der Waals surface area contributed by atoms with Gasteiger partial charge in [0, 0.05) is 6.20 Å². The van der Waals surface area contributed by atoms with Crippen molar-refractivity contribution in [3.8, 4) is 0 Å². The second-order valence-corrected chi connectivity index (χ2v) is 10.4. The summed E-state index contributed by atoms with van der Waals surface area (Å²) < 4.78 is 50.2. The zero-order chi connectivity index (χ0) is 22.2. The molecule has 1 aromatic rings. The highest BCUT2D eigenvalue weighted by molar-refractivity contribution is 7.72. The van der Waals surface area contributed by atoms with Gasteiger partial charge in [0.25, 0.3) is 15.6 Å². The summed E-state index contributed by atoms with van der Waals surface area (Å²) in [5.41, 5.74) is 0. The number of aliphatic hydroxyl groups excluding tert-OH is 2. The van der Waals surface area contributed by atoms with Crippen LogP contribution in [0, 0.1) is 9.41 Å². The third kappa shape index (κ3) is 7.18. The van der Waals surface area contributed by atoms with E-state index in [9.17, 15) is 43.5 Å². The number of rotatable bonds is 8. The first-order valence-corrected chi connectivity index (χ1v) is 12.3. The van der Waals surface area contributed by atoms with Gasteiger partial charge in [0.05, 0.1) is 14.4 Å². The van der Waals surface area contributed by atoms with Gasteiger partial charge in [-0.25, -0.2) is 4.31 Å². The van der Waals surface area contributed by atoms with Crippen LogP contribution >= 0.6 is 47.9 Å². The number of nitrogens with zero attached hydrogens (tertiary/aromatic N) is 1. The molecule has 20 heteroatoms. The summed E-state index contributed by atoms with van der Waals surface area (Å²) in [6.45, 7) is -1.06. The van der Waals surface area contributed by atoms with Crippen LogP contribution in [0.5, 0.6) is 0 Å². The first-order valence-electron chi connectivity index (χ1n) is 7.15. The van der Waals surface area contributed by atoms with Crippen LogP contribution in [0.15, 0.2) is 12.3 Å². The summed E-state index contributed by atoms with van der Waals surface area (Å²) in [4.78, 5) is 45.7. The highest BCUT2D eigenvalue weighted by atomic mass is 32.1. The predicted molar refractivity (Wildman–Crippen MR) is 87.3 cm³/mol. The van der Waals surface area contributed by atoms with E-state index in [0.29, 0.717) is 0 Å². The zero-order valence-electron chi connectivity index (χ0n) is 13.7. The van der Waals surface area contributed by atoms with Crippen molar-refractivity contribution in [1.82, 2.24) is 9.55 Å². The fourth-order valence-electron chi connectivity index (χ4n) is 2.17. The van der Waals surface area contributed by atoms with Crippen molar-refractivity contribution in [1.29, 1.82) is 0 Å². The lowest BCUT2D eigenvalue weighted by Crippen LogP contribution is -2.34. The van der Waals surface area contributed by atoms with Crippen LogP contribution in [0.1, 0.15) is 6.23 Å². The summed E-state index contributed by atoms with van der Waals surface area (Å²) in [6, 6.07) is 1.40. The SMILES string of the molecule is O=P([O-])([O-])OP(=O)([O-])OP(=O)([O-])OC[C@H]1O[C@@H](n2ccc(=S)[nH]c2=S)[C@@H](O)C1O. The van der Waals surface area contributed by atoms with Crippen LogP contribution in [0.4, 0.5) is 0 Å². The number of aliphatic hydroxyl groups is 2. The number of phosphoric ester groups is 1. The molecule has 29 heavy (non-hydrogen) atoms. The van der Waals surface area contributed by atoms with Gasteiger partial charge in [-0.2, -0.15) is 0 Å². The van der Waals surface area contributed by atoms with E-state index in [-0.39, 0.29) is 9.41 Å². The summed E-state index contributed by atoms with van der Waals surface area (Å²) >= 11 is 9.87. The van der Waals surface area contributed by atoms with Gasteiger partial charge in [-0.15, -0.1) is 0 Å². The third-order valence-electron chi connectivity index (χ3n) is 3.26. The number of phosphoric acid groups is 3. The molecule has 3 unspecified atom stereocenters. The van der Waals surface area contributed by atoms with Crippen molar-refractivity contribution in [3.05, 3.63) is 21.7 Å². The Labute approximate surface area is 171 Å². The number of ether oxygens (including phenoxy) is 1. The summed E-state index contributed by atoms with van der Waals surface area (Å²) in [5.74, 6) is 0. The first kappa shape index (κ1) is 25.1. The molecule has 2 rings (SSSR count). The molecule has 6 atom stereocenters. The van der Waals surface area contributed by atoms with E-state index in [1.54, 1.807) is 0 Å². The maximum atomic E-state index is 11.5. The van der Waals surface area contributed by atoms with E-state index in [1.807, 2.05) is 0 Å². The molecule has 0 aliphatic carbocycles. The molecule has 1 fully saturated rings. The van der Waals surface area contributed by atoms with Gasteiger partial charge in [0.15, 0.2) is 11.0 Å². The number of nitrogens with one attached hydrogen (secondary N) is 1. The van der Waals surface area contributed by atoms with Crippen LogP contribution in [0.3, 0.4) is 0 Å². The van der Waals surface area contributed by atoms with E-state index in [4.69, 9.17) is 29.2 Å². The van der Waals surface area contributed by atoms with Crippen LogP contribution in [0.25, 0.3) is 0 Å². The number of aromatic nitrogens is 2. The van der Waals surface area contributed by atoms with Gasteiger partial charge >= 0.3 is 0 Å². The quantitative estimate of drug-likeness (QED) is 0.245. The number of H-pyrrole nitrogens is 1. The van der Waals surface area contributed by atoms with Crippen molar-refractivity contribution < 1.29 is 61.4 Å². The van der Waals surface area contributed by atoms with Crippen LogP contribution in [-0.2, 0) is 31.6 Å². The topological polar surface area (TPSA) is 242 Å². The molecule has 0 amide bonds. The van der Waals surface area contributed by atoms with Crippen LogP contribution < -0.4 is 19.6 Å². The minimum Gasteiger partial charge on any atom is -0.790 e. The molecule has 0 bridgehead atoms. The summed E-state index contributed by atoms with van der Waals surface area (Å²) in [6.07, 6.45) is -4.77. The molecule has 0 spiro atoms. The Hall–Kier alpha value is -0.190. The molecular weight excluding hydrogens is 501 g/mol. The van der Waals surface area contributed by atoms with E-state index in [2.05, 4.69) is 18.1 Å². The molecule has 166 valence electrons. The predicted octanol–water partition coefficient (Wildman–Crippen LogP) is -2.29. The van der Waals surface area contributed by atoms with Gasteiger partial charge in [-0.05, 0) is 18.3 Å².